The van der Waals surface area contributed by atoms with Gasteiger partial charge in [-0.25, -0.2) is 0 Å². The van der Waals surface area contributed by atoms with Gasteiger partial charge in [-0.3, -0.25) is 5.41 Å². The summed E-state index contributed by atoms with van der Waals surface area (Å²) in [5.41, 5.74) is 7.26. The van der Waals surface area contributed by atoms with Crippen LogP contribution in [0.2, 0.25) is 0 Å². The number of ether oxygens (including phenoxy) is 1. The SMILES string of the molecule is CCCCc1c(OCCO)cccc1C(=N)N. The van der Waals surface area contributed by atoms with Crippen molar-refractivity contribution >= 4 is 5.84 Å². The first-order chi connectivity index (χ1) is 8.20. The topological polar surface area (TPSA) is 79.3 Å². The molecule has 0 saturated heterocycles. The van der Waals surface area contributed by atoms with Gasteiger partial charge >= 0.3 is 0 Å². The normalized spacial score (nSPS) is 10.2. The summed E-state index contributed by atoms with van der Waals surface area (Å²) in [5, 5.41) is 16.3. The number of amidine groups is 1. The van der Waals surface area contributed by atoms with Gasteiger partial charge in [-0.05, 0) is 18.9 Å². The molecule has 0 heterocycles. The highest BCUT2D eigenvalue weighted by Crippen LogP contribution is 2.24. The van der Waals surface area contributed by atoms with E-state index in [0.29, 0.717) is 0 Å². The summed E-state index contributed by atoms with van der Waals surface area (Å²) >= 11 is 0. The Morgan fingerprint density at radius 3 is 2.82 bits per heavy atom. The Balaban J connectivity index is 3.00. The molecule has 0 bridgehead atoms. The van der Waals surface area contributed by atoms with Crippen LogP contribution in [0.4, 0.5) is 0 Å². The maximum absolute atomic E-state index is 8.78. The Kier molecular flexibility index (Phi) is 5.49. The second-order valence-electron chi connectivity index (χ2n) is 3.87. The maximum Gasteiger partial charge on any atom is 0.123 e. The minimum Gasteiger partial charge on any atom is -0.491 e. The van der Waals surface area contributed by atoms with Crippen molar-refractivity contribution in [3.8, 4) is 5.75 Å². The molecule has 4 heteroatoms. The molecule has 0 amide bonds. The van der Waals surface area contributed by atoms with E-state index in [0.717, 1.165) is 36.1 Å². The fourth-order valence-electron chi connectivity index (χ4n) is 1.72. The third-order valence-corrected chi connectivity index (χ3v) is 2.55. The molecule has 4 nitrogen and oxygen atoms in total. The van der Waals surface area contributed by atoms with Crippen molar-refractivity contribution in [3.63, 3.8) is 0 Å². The van der Waals surface area contributed by atoms with Gasteiger partial charge in [-0.2, -0.15) is 0 Å². The van der Waals surface area contributed by atoms with Gasteiger partial charge in [0.25, 0.3) is 0 Å². The van der Waals surface area contributed by atoms with Gasteiger partial charge in [0, 0.05) is 11.1 Å². The van der Waals surface area contributed by atoms with Crippen molar-refractivity contribution < 1.29 is 9.84 Å². The summed E-state index contributed by atoms with van der Waals surface area (Å²) in [4.78, 5) is 0. The first kappa shape index (κ1) is 13.5. The Morgan fingerprint density at radius 1 is 1.47 bits per heavy atom. The molecule has 0 aromatic heterocycles. The Bertz CT molecular complexity index is 378. The number of aliphatic hydroxyl groups is 1. The van der Waals surface area contributed by atoms with E-state index in [-0.39, 0.29) is 19.0 Å². The highest BCUT2D eigenvalue weighted by Gasteiger charge is 2.11. The average Bonchev–Trinajstić information content (AvgIpc) is 2.33. The molecule has 17 heavy (non-hydrogen) atoms. The minimum absolute atomic E-state index is 0.0164. The zero-order valence-electron chi connectivity index (χ0n) is 10.2. The van der Waals surface area contributed by atoms with Crippen LogP contribution in [-0.2, 0) is 6.42 Å². The zero-order valence-corrected chi connectivity index (χ0v) is 10.2. The van der Waals surface area contributed by atoms with Gasteiger partial charge in [-0.15, -0.1) is 0 Å². The molecule has 0 radical (unpaired) electrons. The fourth-order valence-corrected chi connectivity index (χ4v) is 1.72. The van der Waals surface area contributed by atoms with E-state index < -0.39 is 0 Å². The van der Waals surface area contributed by atoms with Crippen LogP contribution in [0.1, 0.15) is 30.9 Å². The number of nitrogen functional groups attached to an aromatic ring is 1. The van der Waals surface area contributed by atoms with E-state index in [4.69, 9.17) is 21.0 Å². The van der Waals surface area contributed by atoms with Crippen LogP contribution >= 0.6 is 0 Å². The predicted octanol–water partition coefficient (Wildman–Crippen LogP) is 1.68. The van der Waals surface area contributed by atoms with E-state index in [1.165, 1.54) is 0 Å². The first-order valence-corrected chi connectivity index (χ1v) is 5.90. The van der Waals surface area contributed by atoms with Crippen molar-refractivity contribution in [3.05, 3.63) is 29.3 Å². The summed E-state index contributed by atoms with van der Waals surface area (Å²) in [6.07, 6.45) is 2.94. The van der Waals surface area contributed by atoms with Crippen molar-refractivity contribution in [1.29, 1.82) is 5.41 Å². The molecule has 1 rings (SSSR count). The van der Waals surface area contributed by atoms with Crippen molar-refractivity contribution in [2.75, 3.05) is 13.2 Å². The lowest BCUT2D eigenvalue weighted by Crippen LogP contribution is -2.15. The van der Waals surface area contributed by atoms with Crippen LogP contribution in [0, 0.1) is 5.41 Å². The lowest BCUT2D eigenvalue weighted by atomic mass is 10.00. The molecular weight excluding hydrogens is 216 g/mol. The number of aliphatic hydroxyl groups excluding tert-OH is 1. The Morgan fingerprint density at radius 2 is 2.24 bits per heavy atom. The molecule has 0 aliphatic heterocycles. The van der Waals surface area contributed by atoms with Gasteiger partial charge in [0.1, 0.15) is 18.2 Å². The van der Waals surface area contributed by atoms with Gasteiger partial charge in [0.15, 0.2) is 0 Å². The highest BCUT2D eigenvalue weighted by atomic mass is 16.5. The third-order valence-electron chi connectivity index (χ3n) is 2.55. The largest absolute Gasteiger partial charge is 0.491 e. The first-order valence-electron chi connectivity index (χ1n) is 5.90. The number of rotatable bonds is 7. The molecule has 0 spiro atoms. The molecule has 0 aliphatic rings. The molecule has 1 aromatic carbocycles. The van der Waals surface area contributed by atoms with E-state index in [2.05, 4.69) is 6.92 Å². The lowest BCUT2D eigenvalue weighted by Gasteiger charge is -2.14. The van der Waals surface area contributed by atoms with E-state index in [1.54, 1.807) is 0 Å². The molecule has 0 atom stereocenters. The molecule has 4 N–H and O–H groups in total. The number of hydrogen-bond acceptors (Lipinski definition) is 3. The summed E-state index contributed by atoms with van der Waals surface area (Å²) in [6.45, 7) is 2.36. The van der Waals surface area contributed by atoms with Crippen LogP contribution < -0.4 is 10.5 Å². The average molecular weight is 236 g/mol. The molecule has 1 aromatic rings. The second kappa shape index (κ2) is 6.91. The van der Waals surface area contributed by atoms with E-state index >= 15 is 0 Å². The lowest BCUT2D eigenvalue weighted by molar-refractivity contribution is 0.200. The molecule has 0 saturated carbocycles. The summed E-state index contributed by atoms with van der Waals surface area (Å²) in [7, 11) is 0. The van der Waals surface area contributed by atoms with Crippen LogP contribution in [0.5, 0.6) is 5.75 Å². The summed E-state index contributed by atoms with van der Waals surface area (Å²) in [6, 6.07) is 5.51. The van der Waals surface area contributed by atoms with Gasteiger partial charge in [-0.1, -0.05) is 25.5 Å². The summed E-state index contributed by atoms with van der Waals surface area (Å²) < 4.78 is 5.47. The fraction of sp³-hybridized carbons (Fsp3) is 0.462. The Hall–Kier alpha value is -1.55. The van der Waals surface area contributed by atoms with Gasteiger partial charge in [0.05, 0.1) is 6.61 Å². The van der Waals surface area contributed by atoms with Crippen molar-refractivity contribution in [2.24, 2.45) is 5.73 Å². The molecule has 0 fully saturated rings. The number of benzene rings is 1. The molecule has 94 valence electrons. The van der Waals surface area contributed by atoms with E-state index in [1.807, 2.05) is 18.2 Å². The van der Waals surface area contributed by atoms with Crippen LogP contribution in [0.25, 0.3) is 0 Å². The second-order valence-corrected chi connectivity index (χ2v) is 3.87. The maximum atomic E-state index is 8.78. The van der Waals surface area contributed by atoms with E-state index in [9.17, 15) is 0 Å². The zero-order chi connectivity index (χ0) is 12.7. The number of nitrogens with one attached hydrogen (secondary N) is 1. The Labute approximate surface area is 102 Å². The predicted molar refractivity (Wildman–Crippen MR) is 68.7 cm³/mol. The molecule has 0 aliphatic carbocycles. The number of unbranched alkanes of at least 4 members (excludes halogenated alkanes) is 1. The number of nitrogens with two attached hydrogens (primary N) is 1. The molecule has 0 unspecified atom stereocenters. The molecular formula is C13H20N2O2. The van der Waals surface area contributed by atoms with Crippen LogP contribution in [-0.4, -0.2) is 24.2 Å². The third kappa shape index (κ3) is 3.75. The quantitative estimate of drug-likeness (QED) is 0.498. The summed E-state index contributed by atoms with van der Waals surface area (Å²) in [5.74, 6) is 0.783. The number of hydrogen-bond donors (Lipinski definition) is 3. The monoisotopic (exact) mass is 236 g/mol. The van der Waals surface area contributed by atoms with Crippen LogP contribution in [0.3, 0.4) is 0 Å². The van der Waals surface area contributed by atoms with Gasteiger partial charge < -0.3 is 15.6 Å². The van der Waals surface area contributed by atoms with Crippen molar-refractivity contribution in [2.45, 2.75) is 26.2 Å². The van der Waals surface area contributed by atoms with Crippen LogP contribution in [0.15, 0.2) is 18.2 Å². The highest BCUT2D eigenvalue weighted by molar-refractivity contribution is 5.97. The standard InChI is InChI=1S/C13H20N2O2/c1-2-3-5-10-11(13(14)15)6-4-7-12(10)17-9-8-16/h4,6-7,16H,2-3,5,8-9H2,1H3,(H3,14,15). The smallest absolute Gasteiger partial charge is 0.123 e. The van der Waals surface area contributed by atoms with Crippen molar-refractivity contribution in [1.82, 2.24) is 0 Å². The van der Waals surface area contributed by atoms with Gasteiger partial charge in [0.2, 0.25) is 0 Å². The minimum atomic E-state index is -0.0164.